The van der Waals surface area contributed by atoms with E-state index < -0.39 is 0 Å². The number of aryl methyl sites for hydroxylation is 1. The van der Waals surface area contributed by atoms with E-state index in [-0.39, 0.29) is 0 Å². The summed E-state index contributed by atoms with van der Waals surface area (Å²) in [6.07, 6.45) is 4.87. The topological polar surface area (TPSA) is 50.8 Å². The highest BCUT2D eigenvalue weighted by atomic mass is 16.5. The Labute approximate surface area is 154 Å². The molecule has 3 rings (SSSR count). The first kappa shape index (κ1) is 17.8. The molecule has 0 bridgehead atoms. The van der Waals surface area contributed by atoms with Crippen molar-refractivity contribution < 1.29 is 4.74 Å². The lowest BCUT2D eigenvalue weighted by atomic mass is 10.0. The van der Waals surface area contributed by atoms with Crippen LogP contribution in [0.15, 0.2) is 48.5 Å². The number of rotatable bonds is 6. The van der Waals surface area contributed by atoms with Crippen molar-refractivity contribution in [3.63, 3.8) is 0 Å². The second-order valence-electron chi connectivity index (χ2n) is 6.15. The van der Waals surface area contributed by atoms with Crippen molar-refractivity contribution in [3.8, 4) is 28.8 Å². The Hall–Kier alpha value is -3.06. The molecule has 0 fully saturated rings. The third kappa shape index (κ3) is 4.52. The predicted molar refractivity (Wildman–Crippen MR) is 104 cm³/mol. The van der Waals surface area contributed by atoms with E-state index in [1.54, 1.807) is 7.11 Å². The fraction of sp³-hybridized carbons (Fsp3) is 0.273. The van der Waals surface area contributed by atoms with E-state index in [4.69, 9.17) is 4.74 Å². The predicted octanol–water partition coefficient (Wildman–Crippen LogP) is 4.61. The lowest BCUT2D eigenvalue weighted by Crippen LogP contribution is -1.88. The molecule has 132 valence electrons. The fourth-order valence-corrected chi connectivity index (χ4v) is 2.73. The number of nitrogens with zero attached hydrogens (tertiary/aromatic N) is 2. The maximum atomic E-state index is 5.16. The molecular formula is C22H23N3O. The zero-order valence-corrected chi connectivity index (χ0v) is 15.2. The van der Waals surface area contributed by atoms with Crippen LogP contribution in [0, 0.1) is 11.8 Å². The van der Waals surface area contributed by atoms with Crippen molar-refractivity contribution in [1.29, 1.82) is 0 Å². The Balaban J connectivity index is 1.75. The number of unbranched alkanes of at least 4 members (excludes halogenated alkanes) is 2. The molecule has 0 spiro atoms. The van der Waals surface area contributed by atoms with Crippen molar-refractivity contribution in [2.45, 2.75) is 32.6 Å². The van der Waals surface area contributed by atoms with Gasteiger partial charge in [0.15, 0.2) is 5.69 Å². The standard InChI is InChI=1S/C22H23N3O/c1-3-4-5-6-17-7-12-19(13-8-17)22-21(23-25-24-22)16-11-18-9-14-20(26-2)15-10-18/h7-10,12-15H,3-6H2,1-2H3,(H,23,24,25). The van der Waals surface area contributed by atoms with Crippen molar-refractivity contribution in [2.75, 3.05) is 7.11 Å². The van der Waals surface area contributed by atoms with Crippen LogP contribution in [0.3, 0.4) is 0 Å². The molecule has 0 saturated heterocycles. The molecular weight excluding hydrogens is 322 g/mol. The lowest BCUT2D eigenvalue weighted by Gasteiger charge is -2.02. The smallest absolute Gasteiger partial charge is 0.163 e. The number of H-pyrrole nitrogens is 1. The molecule has 3 aromatic rings. The minimum Gasteiger partial charge on any atom is -0.497 e. The van der Waals surface area contributed by atoms with Gasteiger partial charge in [-0.05, 0) is 48.6 Å². The first-order chi connectivity index (χ1) is 12.8. The molecule has 0 aliphatic heterocycles. The zero-order valence-electron chi connectivity index (χ0n) is 15.2. The second-order valence-corrected chi connectivity index (χ2v) is 6.15. The zero-order chi connectivity index (χ0) is 18.2. The minimum absolute atomic E-state index is 0.652. The SMILES string of the molecule is CCCCCc1ccc(-c2n[nH]nc2C#Cc2ccc(OC)cc2)cc1. The Bertz CT molecular complexity index is 884. The van der Waals surface area contributed by atoms with Crippen molar-refractivity contribution >= 4 is 0 Å². The quantitative estimate of drug-likeness (QED) is 0.524. The summed E-state index contributed by atoms with van der Waals surface area (Å²) < 4.78 is 5.16. The number of ether oxygens (including phenoxy) is 1. The molecule has 0 atom stereocenters. The van der Waals surface area contributed by atoms with Gasteiger partial charge in [-0.1, -0.05) is 50.0 Å². The van der Waals surface area contributed by atoms with Crippen LogP contribution in [0.2, 0.25) is 0 Å². The summed E-state index contributed by atoms with van der Waals surface area (Å²) in [5.74, 6) is 7.05. The van der Waals surface area contributed by atoms with Gasteiger partial charge in [0.1, 0.15) is 11.4 Å². The van der Waals surface area contributed by atoms with Gasteiger partial charge in [0, 0.05) is 11.1 Å². The van der Waals surface area contributed by atoms with E-state index in [1.807, 2.05) is 24.3 Å². The molecule has 1 heterocycles. The van der Waals surface area contributed by atoms with E-state index in [1.165, 1.54) is 24.8 Å². The van der Waals surface area contributed by atoms with E-state index in [0.717, 1.165) is 29.0 Å². The van der Waals surface area contributed by atoms with Crippen molar-refractivity contribution in [3.05, 3.63) is 65.4 Å². The first-order valence-corrected chi connectivity index (χ1v) is 8.96. The maximum Gasteiger partial charge on any atom is 0.163 e. The van der Waals surface area contributed by atoms with Crippen molar-refractivity contribution in [2.24, 2.45) is 0 Å². The van der Waals surface area contributed by atoms with Crippen LogP contribution >= 0.6 is 0 Å². The summed E-state index contributed by atoms with van der Waals surface area (Å²) in [5.41, 5.74) is 4.73. The summed E-state index contributed by atoms with van der Waals surface area (Å²) in [6, 6.07) is 16.2. The van der Waals surface area contributed by atoms with Gasteiger partial charge in [-0.15, -0.1) is 5.10 Å². The summed E-state index contributed by atoms with van der Waals surface area (Å²) in [4.78, 5) is 0. The van der Waals surface area contributed by atoms with E-state index in [2.05, 4.69) is 58.4 Å². The number of aromatic amines is 1. The average molecular weight is 345 g/mol. The molecule has 0 radical (unpaired) electrons. The Morgan fingerprint density at radius 1 is 0.923 bits per heavy atom. The monoisotopic (exact) mass is 345 g/mol. The Morgan fingerprint density at radius 2 is 1.69 bits per heavy atom. The van der Waals surface area contributed by atoms with Crippen LogP contribution in [-0.4, -0.2) is 22.5 Å². The molecule has 0 unspecified atom stereocenters. The van der Waals surface area contributed by atoms with Crippen LogP contribution in [0.25, 0.3) is 11.3 Å². The number of methoxy groups -OCH3 is 1. The fourth-order valence-electron chi connectivity index (χ4n) is 2.73. The van der Waals surface area contributed by atoms with Gasteiger partial charge < -0.3 is 4.74 Å². The minimum atomic E-state index is 0.652. The molecule has 0 amide bonds. The summed E-state index contributed by atoms with van der Waals surface area (Å²) in [7, 11) is 1.65. The maximum absolute atomic E-state index is 5.16. The van der Waals surface area contributed by atoms with Crippen LogP contribution in [0.4, 0.5) is 0 Å². The van der Waals surface area contributed by atoms with E-state index in [9.17, 15) is 0 Å². The number of aromatic nitrogens is 3. The highest BCUT2D eigenvalue weighted by Gasteiger charge is 2.08. The van der Waals surface area contributed by atoms with Crippen LogP contribution in [0.1, 0.15) is 43.0 Å². The molecule has 4 heteroatoms. The third-order valence-corrected chi connectivity index (χ3v) is 4.26. The molecule has 1 N–H and O–H groups in total. The molecule has 0 aliphatic rings. The summed E-state index contributed by atoms with van der Waals surface area (Å²) >= 11 is 0. The number of hydrogen-bond acceptors (Lipinski definition) is 3. The molecule has 1 aromatic heterocycles. The van der Waals surface area contributed by atoms with Gasteiger partial charge in [-0.25, -0.2) is 0 Å². The first-order valence-electron chi connectivity index (χ1n) is 8.96. The number of benzene rings is 2. The number of nitrogens with one attached hydrogen (secondary N) is 1. The van der Waals surface area contributed by atoms with Gasteiger partial charge in [-0.3, -0.25) is 0 Å². The molecule has 0 aliphatic carbocycles. The highest BCUT2D eigenvalue weighted by Crippen LogP contribution is 2.20. The highest BCUT2D eigenvalue weighted by molar-refractivity contribution is 5.65. The Morgan fingerprint density at radius 3 is 2.38 bits per heavy atom. The normalized spacial score (nSPS) is 10.2. The largest absolute Gasteiger partial charge is 0.497 e. The lowest BCUT2D eigenvalue weighted by molar-refractivity contribution is 0.415. The molecule has 2 aromatic carbocycles. The summed E-state index contributed by atoms with van der Waals surface area (Å²) in [5, 5.41) is 11.1. The third-order valence-electron chi connectivity index (χ3n) is 4.26. The van der Waals surface area contributed by atoms with E-state index >= 15 is 0 Å². The second kappa shape index (κ2) is 8.87. The van der Waals surface area contributed by atoms with Gasteiger partial charge in [-0.2, -0.15) is 10.3 Å². The van der Waals surface area contributed by atoms with E-state index in [0.29, 0.717) is 5.69 Å². The van der Waals surface area contributed by atoms with Gasteiger partial charge >= 0.3 is 0 Å². The number of hydrogen-bond donors (Lipinski definition) is 1. The van der Waals surface area contributed by atoms with Crippen LogP contribution in [0.5, 0.6) is 5.75 Å². The molecule has 4 nitrogen and oxygen atoms in total. The Kier molecular flexibility index (Phi) is 6.05. The van der Waals surface area contributed by atoms with Crippen LogP contribution < -0.4 is 4.74 Å². The van der Waals surface area contributed by atoms with Crippen LogP contribution in [-0.2, 0) is 6.42 Å². The van der Waals surface area contributed by atoms with Gasteiger partial charge in [0.25, 0.3) is 0 Å². The molecule has 0 saturated carbocycles. The molecule has 26 heavy (non-hydrogen) atoms. The average Bonchev–Trinajstić information content (AvgIpc) is 3.16. The van der Waals surface area contributed by atoms with Gasteiger partial charge in [0.05, 0.1) is 7.11 Å². The van der Waals surface area contributed by atoms with Gasteiger partial charge in [0.2, 0.25) is 0 Å². The van der Waals surface area contributed by atoms with Crippen molar-refractivity contribution in [1.82, 2.24) is 15.4 Å². The summed E-state index contributed by atoms with van der Waals surface area (Å²) in [6.45, 7) is 2.22.